The second-order valence-corrected chi connectivity index (χ2v) is 8.90. The van der Waals surface area contributed by atoms with Crippen molar-refractivity contribution < 1.29 is 46.1 Å². The van der Waals surface area contributed by atoms with Crippen molar-refractivity contribution in [2.75, 3.05) is 13.1 Å². The number of aromatic nitrogens is 4. The van der Waals surface area contributed by atoms with E-state index in [2.05, 4.69) is 44.5 Å². The average molecular weight is 591 g/mol. The highest BCUT2D eigenvalue weighted by atomic mass is 19.4. The van der Waals surface area contributed by atoms with E-state index < -0.39 is 24.3 Å². The normalized spacial score (nSPS) is 15.6. The van der Waals surface area contributed by atoms with Crippen LogP contribution >= 0.6 is 0 Å². The van der Waals surface area contributed by atoms with Gasteiger partial charge in [0.15, 0.2) is 0 Å². The van der Waals surface area contributed by atoms with E-state index in [-0.39, 0.29) is 0 Å². The van der Waals surface area contributed by atoms with Gasteiger partial charge in [-0.1, -0.05) is 35.5 Å². The van der Waals surface area contributed by atoms with Crippen molar-refractivity contribution in [3.8, 4) is 11.3 Å². The molecule has 1 fully saturated rings. The minimum absolute atomic E-state index is 0.450. The lowest BCUT2D eigenvalue weighted by Crippen LogP contribution is -2.36. The van der Waals surface area contributed by atoms with Crippen LogP contribution in [-0.2, 0) is 29.2 Å². The summed E-state index contributed by atoms with van der Waals surface area (Å²) in [5.41, 5.74) is 10.0. The molecule has 10 nitrogen and oxygen atoms in total. The molecule has 0 amide bonds. The number of rotatable bonds is 6. The first-order valence-electron chi connectivity index (χ1n) is 12.1. The number of aliphatic carboxylic acids is 2. The van der Waals surface area contributed by atoms with Gasteiger partial charge in [0.05, 0.1) is 11.4 Å². The van der Waals surface area contributed by atoms with Gasteiger partial charge in [0.1, 0.15) is 0 Å². The SMILES string of the molecule is NCc1cn(CC2CCCN(Cc3ccc(-c4ccccn4)cc3)C2)nn1.O=C(O)C(F)(F)F.O=C(O)C(F)(F)F. The third kappa shape index (κ3) is 11.9. The quantitative estimate of drug-likeness (QED) is 0.363. The third-order valence-corrected chi connectivity index (χ3v) is 5.65. The second-order valence-electron chi connectivity index (χ2n) is 8.90. The summed E-state index contributed by atoms with van der Waals surface area (Å²) < 4.78 is 65.4. The van der Waals surface area contributed by atoms with Crippen LogP contribution < -0.4 is 5.73 Å². The summed E-state index contributed by atoms with van der Waals surface area (Å²) in [5.74, 6) is -4.90. The van der Waals surface area contributed by atoms with E-state index in [0.717, 1.165) is 43.1 Å². The maximum Gasteiger partial charge on any atom is 0.490 e. The fourth-order valence-electron chi connectivity index (χ4n) is 3.80. The van der Waals surface area contributed by atoms with Crippen molar-refractivity contribution in [1.29, 1.82) is 0 Å². The molecule has 2 aromatic heterocycles. The van der Waals surface area contributed by atoms with Gasteiger partial charge in [0.25, 0.3) is 0 Å². The molecule has 4 N–H and O–H groups in total. The molecule has 0 saturated carbocycles. The maximum absolute atomic E-state index is 10.6. The number of nitrogens with zero attached hydrogens (tertiary/aromatic N) is 5. The summed E-state index contributed by atoms with van der Waals surface area (Å²) in [6.07, 6.45) is -3.89. The number of alkyl halides is 6. The lowest BCUT2D eigenvalue weighted by Gasteiger charge is -2.32. The maximum atomic E-state index is 10.6. The van der Waals surface area contributed by atoms with Gasteiger partial charge in [-0.15, -0.1) is 5.10 Å². The number of pyridine rings is 1. The van der Waals surface area contributed by atoms with Gasteiger partial charge < -0.3 is 15.9 Å². The summed E-state index contributed by atoms with van der Waals surface area (Å²) in [4.78, 5) is 24.8. The molecule has 0 spiro atoms. The molecule has 0 aliphatic carbocycles. The van der Waals surface area contributed by atoms with Crippen molar-refractivity contribution in [3.05, 3.63) is 66.1 Å². The predicted molar refractivity (Wildman–Crippen MR) is 133 cm³/mol. The highest BCUT2D eigenvalue weighted by Crippen LogP contribution is 2.22. The molecule has 4 rings (SSSR count). The van der Waals surface area contributed by atoms with Crippen LogP contribution in [0.2, 0.25) is 0 Å². The zero-order valence-corrected chi connectivity index (χ0v) is 21.5. The van der Waals surface area contributed by atoms with Gasteiger partial charge in [0, 0.05) is 44.1 Å². The van der Waals surface area contributed by atoms with E-state index in [0.29, 0.717) is 12.5 Å². The number of halogens is 6. The van der Waals surface area contributed by atoms with Gasteiger partial charge in [0.2, 0.25) is 0 Å². The number of likely N-dealkylation sites (tertiary alicyclic amines) is 1. The van der Waals surface area contributed by atoms with Crippen molar-refractivity contribution in [1.82, 2.24) is 24.9 Å². The van der Waals surface area contributed by atoms with Crippen LogP contribution in [-0.4, -0.2) is 72.5 Å². The molecule has 1 aromatic carbocycles. The van der Waals surface area contributed by atoms with Gasteiger partial charge in [-0.3, -0.25) is 14.6 Å². The molecule has 41 heavy (non-hydrogen) atoms. The van der Waals surface area contributed by atoms with Crippen LogP contribution in [0.4, 0.5) is 26.3 Å². The number of carbonyl (C=O) groups is 2. The highest BCUT2D eigenvalue weighted by Gasteiger charge is 2.38. The first kappa shape index (κ1) is 33.2. The van der Waals surface area contributed by atoms with Crippen molar-refractivity contribution in [2.24, 2.45) is 11.7 Å². The molecule has 1 aliphatic rings. The Morgan fingerprint density at radius 1 is 0.976 bits per heavy atom. The van der Waals surface area contributed by atoms with Gasteiger partial charge >= 0.3 is 24.3 Å². The van der Waals surface area contributed by atoms with E-state index in [9.17, 15) is 26.3 Å². The number of hydrogen-bond donors (Lipinski definition) is 3. The van der Waals surface area contributed by atoms with Crippen LogP contribution in [0.3, 0.4) is 0 Å². The molecule has 1 atom stereocenters. The number of benzene rings is 1. The molecule has 224 valence electrons. The van der Waals surface area contributed by atoms with Crippen LogP contribution in [0, 0.1) is 5.92 Å². The van der Waals surface area contributed by atoms with E-state index in [1.807, 2.05) is 35.3 Å². The van der Waals surface area contributed by atoms with Gasteiger partial charge in [-0.05, 0) is 43.0 Å². The molecule has 1 unspecified atom stereocenters. The van der Waals surface area contributed by atoms with Crippen LogP contribution in [0.15, 0.2) is 54.9 Å². The number of carboxylic acids is 2. The summed E-state index contributed by atoms with van der Waals surface area (Å²) in [6.45, 7) is 4.61. The fraction of sp³-hybridized carbons (Fsp3) is 0.400. The minimum Gasteiger partial charge on any atom is -0.475 e. The zero-order chi connectivity index (χ0) is 30.6. The lowest BCUT2D eigenvalue weighted by molar-refractivity contribution is -0.193. The molecule has 3 aromatic rings. The van der Waals surface area contributed by atoms with Gasteiger partial charge in [-0.2, -0.15) is 26.3 Å². The number of carboxylic acid groups (broad SMARTS) is 2. The molecular weight excluding hydrogens is 562 g/mol. The zero-order valence-electron chi connectivity index (χ0n) is 21.5. The average Bonchev–Trinajstić information content (AvgIpc) is 3.37. The predicted octanol–water partition coefficient (Wildman–Crippen LogP) is 3.98. The Bertz CT molecular complexity index is 1210. The summed E-state index contributed by atoms with van der Waals surface area (Å²) in [7, 11) is 0. The molecule has 1 saturated heterocycles. The topological polar surface area (TPSA) is 147 Å². The Balaban J connectivity index is 0.000000349. The van der Waals surface area contributed by atoms with E-state index in [1.165, 1.54) is 18.4 Å². The number of hydrogen-bond acceptors (Lipinski definition) is 7. The van der Waals surface area contributed by atoms with Crippen LogP contribution in [0.1, 0.15) is 24.1 Å². The van der Waals surface area contributed by atoms with E-state index in [1.54, 1.807) is 0 Å². The number of piperidine rings is 1. The molecular formula is C25H28F6N6O4. The number of nitrogens with two attached hydrogens (primary N) is 1. The molecule has 0 radical (unpaired) electrons. The largest absolute Gasteiger partial charge is 0.490 e. The molecule has 16 heteroatoms. The van der Waals surface area contributed by atoms with Crippen molar-refractivity contribution >= 4 is 11.9 Å². The Kier molecular flexibility index (Phi) is 12.2. The van der Waals surface area contributed by atoms with Crippen LogP contribution in [0.5, 0.6) is 0 Å². The van der Waals surface area contributed by atoms with Crippen molar-refractivity contribution in [3.63, 3.8) is 0 Å². The molecule has 3 heterocycles. The van der Waals surface area contributed by atoms with E-state index >= 15 is 0 Å². The molecule has 1 aliphatic heterocycles. The third-order valence-electron chi connectivity index (χ3n) is 5.65. The Labute approximate surface area is 230 Å². The summed E-state index contributed by atoms with van der Waals surface area (Å²) >= 11 is 0. The Morgan fingerprint density at radius 2 is 1.59 bits per heavy atom. The van der Waals surface area contributed by atoms with Crippen LogP contribution in [0.25, 0.3) is 11.3 Å². The molecule has 0 bridgehead atoms. The Hall–Kier alpha value is -4.05. The minimum atomic E-state index is -5.08. The first-order valence-corrected chi connectivity index (χ1v) is 12.1. The summed E-state index contributed by atoms with van der Waals surface area (Å²) in [5, 5.41) is 22.5. The Morgan fingerprint density at radius 3 is 2.07 bits per heavy atom. The monoisotopic (exact) mass is 590 g/mol. The fourth-order valence-corrected chi connectivity index (χ4v) is 3.80. The van der Waals surface area contributed by atoms with Crippen molar-refractivity contribution in [2.45, 2.75) is 44.8 Å². The second kappa shape index (κ2) is 15.1. The standard InChI is InChI=1S/C21H26N6.2C2HF3O2/c22-12-20-16-27(25-24-20)15-18-4-3-11-26(14-18)13-17-6-8-19(9-7-17)21-5-1-2-10-23-21;2*3-2(4,5)1(6)7/h1-2,5-10,16,18H,3-4,11-15,22H2;2*(H,6,7). The lowest BCUT2D eigenvalue weighted by atomic mass is 9.97. The van der Waals surface area contributed by atoms with E-state index in [4.69, 9.17) is 25.5 Å². The highest BCUT2D eigenvalue weighted by molar-refractivity contribution is 5.73. The summed E-state index contributed by atoms with van der Waals surface area (Å²) in [6, 6.07) is 14.8. The van der Waals surface area contributed by atoms with Gasteiger partial charge in [-0.25, -0.2) is 9.59 Å². The first-order chi connectivity index (χ1) is 19.2. The smallest absolute Gasteiger partial charge is 0.475 e.